The van der Waals surface area contributed by atoms with E-state index in [0.717, 1.165) is 38.5 Å². The van der Waals surface area contributed by atoms with Crippen molar-refractivity contribution in [2.24, 2.45) is 46.8 Å². The number of aliphatic hydroxyl groups is 2. The molecule has 0 unspecified atom stereocenters. The first-order valence-corrected chi connectivity index (χ1v) is 13.1. The molecule has 0 heterocycles. The van der Waals surface area contributed by atoms with Crippen molar-refractivity contribution < 1.29 is 32.9 Å². The lowest BCUT2D eigenvalue weighted by atomic mass is 9.48. The van der Waals surface area contributed by atoms with Crippen molar-refractivity contribution in [3.63, 3.8) is 0 Å². The second-order valence-electron chi connectivity index (χ2n) is 11.9. The Hall–Kier alpha value is -0.370. The second-order valence-corrected chi connectivity index (χ2v) is 11.9. The van der Waals surface area contributed by atoms with Crippen molar-refractivity contribution in [3.8, 4) is 0 Å². The molecule has 0 aliphatic heterocycles. The average Bonchev–Trinajstić information content (AvgIpc) is 3.12. The van der Waals surface area contributed by atoms with Crippen LogP contribution in [0.4, 0.5) is 13.2 Å². The van der Waals surface area contributed by atoms with Crippen LogP contribution >= 0.6 is 0 Å². The van der Waals surface area contributed by atoms with Gasteiger partial charge in [-0.3, -0.25) is 0 Å². The van der Waals surface area contributed by atoms with Gasteiger partial charge in [0.2, 0.25) is 0 Å². The topological polar surface area (TPSA) is 58.9 Å². The first-order valence-electron chi connectivity index (χ1n) is 13.1. The Kier molecular flexibility index (Phi) is 7.47. The summed E-state index contributed by atoms with van der Waals surface area (Å²) in [5.74, 6) is 2.60. The largest absolute Gasteiger partial charge is 0.417 e. The summed E-state index contributed by atoms with van der Waals surface area (Å²) in [7, 11) is 1.63. The van der Waals surface area contributed by atoms with Gasteiger partial charge < -0.3 is 19.7 Å². The van der Waals surface area contributed by atoms with Gasteiger partial charge in [-0.2, -0.15) is 13.2 Å². The molecule has 0 aromatic heterocycles. The zero-order valence-corrected chi connectivity index (χ0v) is 20.4. The first-order chi connectivity index (χ1) is 15.5. The third-order valence-electron chi connectivity index (χ3n) is 10.6. The molecule has 2 N–H and O–H groups in total. The maximum atomic E-state index is 13.5. The molecule has 0 amide bonds. The SMILES string of the molecule is COCCOC[C@@H](O)[C@@H](C)[C@H]1CC[C@H]2[C@@H]3CC[C@@H]4C[C@@](O)(C(F)(F)F)CC[C@@H]4[C@H]3CC[C@]12C. The molecular formula is C26H43F3O4. The lowest BCUT2D eigenvalue weighted by Crippen LogP contribution is -2.55. The Labute approximate surface area is 196 Å². The van der Waals surface area contributed by atoms with Crippen LogP contribution in [0.25, 0.3) is 0 Å². The van der Waals surface area contributed by atoms with Gasteiger partial charge in [-0.25, -0.2) is 0 Å². The van der Waals surface area contributed by atoms with Crippen LogP contribution in [-0.4, -0.2) is 55.0 Å². The van der Waals surface area contributed by atoms with E-state index in [9.17, 15) is 23.4 Å². The average molecular weight is 477 g/mol. The number of hydrogen-bond donors (Lipinski definition) is 2. The van der Waals surface area contributed by atoms with Crippen LogP contribution in [0.5, 0.6) is 0 Å². The summed E-state index contributed by atoms with van der Waals surface area (Å²) >= 11 is 0. The highest BCUT2D eigenvalue weighted by Gasteiger charge is 2.62. The molecule has 0 radical (unpaired) electrons. The molecule has 7 heteroatoms. The van der Waals surface area contributed by atoms with Gasteiger partial charge >= 0.3 is 6.18 Å². The Morgan fingerprint density at radius 3 is 2.39 bits per heavy atom. The summed E-state index contributed by atoms with van der Waals surface area (Å²) in [5, 5.41) is 21.1. The Morgan fingerprint density at radius 2 is 1.70 bits per heavy atom. The highest BCUT2D eigenvalue weighted by atomic mass is 19.4. The molecule has 0 saturated heterocycles. The predicted molar refractivity (Wildman–Crippen MR) is 119 cm³/mol. The molecule has 0 aromatic rings. The predicted octanol–water partition coefficient (Wildman–Crippen LogP) is 5.21. The molecule has 0 bridgehead atoms. The van der Waals surface area contributed by atoms with Crippen molar-refractivity contribution in [1.29, 1.82) is 0 Å². The zero-order chi connectivity index (χ0) is 24.0. The fourth-order valence-corrected chi connectivity index (χ4v) is 8.81. The summed E-state index contributed by atoms with van der Waals surface area (Å²) in [5.41, 5.74) is -2.30. The molecule has 4 saturated carbocycles. The summed E-state index contributed by atoms with van der Waals surface area (Å²) < 4.78 is 51.0. The quantitative estimate of drug-likeness (QED) is 0.496. The zero-order valence-electron chi connectivity index (χ0n) is 20.4. The van der Waals surface area contributed by atoms with Crippen molar-refractivity contribution in [3.05, 3.63) is 0 Å². The first kappa shape index (κ1) is 25.7. The Morgan fingerprint density at radius 1 is 0.970 bits per heavy atom. The lowest BCUT2D eigenvalue weighted by molar-refractivity contribution is -0.282. The molecule has 33 heavy (non-hydrogen) atoms. The molecule has 192 valence electrons. The molecular weight excluding hydrogens is 433 g/mol. The molecule has 0 spiro atoms. The number of halogens is 3. The fraction of sp³-hybridized carbons (Fsp3) is 1.00. The molecule has 4 rings (SSSR count). The number of alkyl halides is 3. The van der Waals surface area contributed by atoms with E-state index in [-0.39, 0.29) is 30.1 Å². The summed E-state index contributed by atoms with van der Waals surface area (Å²) in [6, 6.07) is 0. The maximum absolute atomic E-state index is 13.5. The molecule has 4 nitrogen and oxygen atoms in total. The van der Waals surface area contributed by atoms with Gasteiger partial charge in [-0.05, 0) is 105 Å². The van der Waals surface area contributed by atoms with Crippen molar-refractivity contribution >= 4 is 0 Å². The van der Waals surface area contributed by atoms with E-state index in [4.69, 9.17) is 9.47 Å². The van der Waals surface area contributed by atoms with Crippen molar-refractivity contribution in [2.45, 2.75) is 89.5 Å². The Balaban J connectivity index is 1.40. The van der Waals surface area contributed by atoms with Gasteiger partial charge in [0.25, 0.3) is 0 Å². The van der Waals surface area contributed by atoms with Crippen LogP contribution in [0.1, 0.15) is 71.6 Å². The number of methoxy groups -OCH3 is 1. The van der Waals surface area contributed by atoms with Crippen LogP contribution < -0.4 is 0 Å². The summed E-state index contributed by atoms with van der Waals surface area (Å²) in [4.78, 5) is 0. The van der Waals surface area contributed by atoms with E-state index in [1.54, 1.807) is 7.11 Å². The van der Waals surface area contributed by atoms with Gasteiger partial charge in [0, 0.05) is 7.11 Å². The van der Waals surface area contributed by atoms with Gasteiger partial charge in [0.1, 0.15) is 0 Å². The minimum Gasteiger partial charge on any atom is -0.390 e. The van der Waals surface area contributed by atoms with Crippen LogP contribution in [0.3, 0.4) is 0 Å². The molecule has 0 aromatic carbocycles. The fourth-order valence-electron chi connectivity index (χ4n) is 8.81. The minimum atomic E-state index is -4.52. The van der Waals surface area contributed by atoms with E-state index in [0.29, 0.717) is 55.8 Å². The van der Waals surface area contributed by atoms with Crippen LogP contribution in [0.2, 0.25) is 0 Å². The monoisotopic (exact) mass is 476 g/mol. The van der Waals surface area contributed by atoms with Crippen LogP contribution in [0, 0.1) is 46.8 Å². The van der Waals surface area contributed by atoms with Gasteiger partial charge in [0.05, 0.1) is 25.9 Å². The van der Waals surface area contributed by atoms with Gasteiger partial charge in [-0.15, -0.1) is 0 Å². The van der Waals surface area contributed by atoms with E-state index in [2.05, 4.69) is 13.8 Å². The number of ether oxygens (including phenoxy) is 2. The van der Waals surface area contributed by atoms with Gasteiger partial charge in [0.15, 0.2) is 5.60 Å². The second kappa shape index (κ2) is 9.59. The standard InChI is InChI=1S/C26H43F3O4/c1-16(23(30)15-33-13-12-32-3)21-6-7-22-20-5-4-17-14-25(31,26(27,28)29)11-9-18(17)19(20)8-10-24(21,22)2/h16-23,30-31H,4-15H2,1-3H3/t16-,17+,18-,19+,20+,21+,22-,23+,24+,25+/m0/s1. The highest BCUT2D eigenvalue weighted by Crippen LogP contribution is 2.66. The molecule has 4 aliphatic rings. The van der Waals surface area contributed by atoms with Crippen LogP contribution in [-0.2, 0) is 9.47 Å². The smallest absolute Gasteiger partial charge is 0.390 e. The molecule has 4 aliphatic carbocycles. The normalized spacial score (nSPS) is 45.1. The molecule has 4 fully saturated rings. The van der Waals surface area contributed by atoms with Crippen molar-refractivity contribution in [2.75, 3.05) is 26.9 Å². The summed E-state index contributed by atoms with van der Waals surface area (Å²) in [6.45, 7) is 5.91. The number of aliphatic hydroxyl groups excluding tert-OH is 1. The summed E-state index contributed by atoms with van der Waals surface area (Å²) in [6.07, 6.45) is 1.48. The highest BCUT2D eigenvalue weighted by molar-refractivity contribution is 5.08. The maximum Gasteiger partial charge on any atom is 0.417 e. The van der Waals surface area contributed by atoms with Gasteiger partial charge in [-0.1, -0.05) is 13.8 Å². The lowest BCUT2D eigenvalue weighted by Gasteiger charge is -2.57. The van der Waals surface area contributed by atoms with E-state index >= 15 is 0 Å². The van der Waals surface area contributed by atoms with E-state index in [1.807, 2.05) is 0 Å². The number of fused-ring (bicyclic) bond motifs is 5. The third kappa shape index (κ3) is 4.61. The van der Waals surface area contributed by atoms with Crippen LogP contribution in [0.15, 0.2) is 0 Å². The minimum absolute atomic E-state index is 0.00169. The molecule has 10 atom stereocenters. The Bertz CT molecular complexity index is 672. The van der Waals surface area contributed by atoms with E-state index in [1.165, 1.54) is 0 Å². The third-order valence-corrected chi connectivity index (χ3v) is 10.6. The van der Waals surface area contributed by atoms with E-state index < -0.39 is 17.9 Å². The number of hydrogen-bond acceptors (Lipinski definition) is 4. The number of rotatable bonds is 7. The van der Waals surface area contributed by atoms with Crippen molar-refractivity contribution in [1.82, 2.24) is 0 Å².